The van der Waals surface area contributed by atoms with E-state index in [0.29, 0.717) is 43.6 Å². The predicted molar refractivity (Wildman–Crippen MR) is 135 cm³/mol. The van der Waals surface area contributed by atoms with Crippen molar-refractivity contribution in [1.82, 2.24) is 9.80 Å². The van der Waals surface area contributed by atoms with Crippen molar-refractivity contribution in [2.24, 2.45) is 5.92 Å². The van der Waals surface area contributed by atoms with Crippen molar-refractivity contribution in [2.45, 2.75) is 13.8 Å². The highest BCUT2D eigenvalue weighted by atomic mass is 32.2. The summed E-state index contributed by atoms with van der Waals surface area (Å²) in [5.41, 5.74) is 1.93. The number of anilines is 1. The lowest BCUT2D eigenvalue weighted by atomic mass is 10.2. The first kappa shape index (κ1) is 23.9. The van der Waals surface area contributed by atoms with E-state index in [1.807, 2.05) is 42.5 Å². The van der Waals surface area contributed by atoms with Gasteiger partial charge in [0, 0.05) is 31.9 Å². The molecule has 2 heterocycles. The van der Waals surface area contributed by atoms with Gasteiger partial charge in [0.05, 0.1) is 11.5 Å². The van der Waals surface area contributed by atoms with E-state index in [9.17, 15) is 14.4 Å². The van der Waals surface area contributed by atoms with Gasteiger partial charge in [0.2, 0.25) is 5.91 Å². The van der Waals surface area contributed by atoms with E-state index in [1.165, 1.54) is 0 Å². The van der Waals surface area contributed by atoms with E-state index in [-0.39, 0.29) is 12.5 Å². The van der Waals surface area contributed by atoms with Crippen molar-refractivity contribution in [1.29, 1.82) is 0 Å². The monoisotopic (exact) mass is 479 g/mol. The average Bonchev–Trinajstić information content (AvgIpc) is 3.11. The van der Waals surface area contributed by atoms with Gasteiger partial charge in [0.1, 0.15) is 12.3 Å². The normalized spacial score (nSPS) is 17.7. The number of hydrogen-bond acceptors (Lipinski definition) is 6. The van der Waals surface area contributed by atoms with E-state index in [0.717, 1.165) is 33.7 Å². The standard InChI is InChI=1S/C26H29N3O4S/c1-19(2)18-33-22-10-8-20(9-11-22)16-23-25(31)29(26(32)34-23)17-24(30)28-14-12-27(13-15-28)21-6-4-3-5-7-21/h3-11,16,19H,12-15,17-18H2,1-2H3. The molecular formula is C26H29N3O4S. The van der Waals surface area contributed by atoms with Crippen molar-refractivity contribution in [3.63, 3.8) is 0 Å². The fraction of sp³-hybridized carbons (Fsp3) is 0.346. The Labute approximate surface area is 204 Å². The quantitative estimate of drug-likeness (QED) is 0.557. The molecule has 34 heavy (non-hydrogen) atoms. The van der Waals surface area contributed by atoms with E-state index in [4.69, 9.17) is 4.74 Å². The van der Waals surface area contributed by atoms with Gasteiger partial charge >= 0.3 is 0 Å². The molecule has 2 aromatic rings. The highest BCUT2D eigenvalue weighted by Gasteiger charge is 2.37. The fourth-order valence-electron chi connectivity index (χ4n) is 3.80. The predicted octanol–water partition coefficient (Wildman–Crippen LogP) is 4.11. The minimum absolute atomic E-state index is 0.206. The number of thioether (sulfide) groups is 1. The summed E-state index contributed by atoms with van der Waals surface area (Å²) in [6.45, 7) is 7.13. The number of imide groups is 1. The number of para-hydroxylation sites is 1. The summed E-state index contributed by atoms with van der Waals surface area (Å²) in [5, 5.41) is -0.413. The highest BCUT2D eigenvalue weighted by molar-refractivity contribution is 8.18. The molecule has 0 spiro atoms. The second kappa shape index (κ2) is 10.8. The summed E-state index contributed by atoms with van der Waals surface area (Å²) in [5.74, 6) is 0.563. The lowest BCUT2D eigenvalue weighted by Crippen LogP contribution is -2.51. The number of amides is 3. The van der Waals surface area contributed by atoms with Gasteiger partial charge in [-0.15, -0.1) is 0 Å². The second-order valence-electron chi connectivity index (χ2n) is 8.75. The third-order valence-corrected chi connectivity index (χ3v) is 6.59. The zero-order valence-corrected chi connectivity index (χ0v) is 20.3. The van der Waals surface area contributed by atoms with Crippen LogP contribution in [0.25, 0.3) is 6.08 Å². The van der Waals surface area contributed by atoms with Gasteiger partial charge in [-0.3, -0.25) is 19.3 Å². The van der Waals surface area contributed by atoms with E-state index in [1.54, 1.807) is 11.0 Å². The van der Waals surface area contributed by atoms with Crippen LogP contribution in [-0.4, -0.2) is 66.2 Å². The lowest BCUT2D eigenvalue weighted by molar-refractivity contribution is -0.136. The van der Waals surface area contributed by atoms with E-state index >= 15 is 0 Å². The molecule has 2 fully saturated rings. The number of benzene rings is 2. The first-order valence-corrected chi connectivity index (χ1v) is 12.3. The van der Waals surface area contributed by atoms with Crippen molar-refractivity contribution in [3.05, 3.63) is 65.1 Å². The van der Waals surface area contributed by atoms with Crippen molar-refractivity contribution < 1.29 is 19.1 Å². The molecule has 2 aromatic carbocycles. The number of piperazine rings is 1. The molecule has 0 radical (unpaired) electrons. The Morgan fingerprint density at radius 2 is 1.68 bits per heavy atom. The van der Waals surface area contributed by atoms with Crippen LogP contribution in [0.1, 0.15) is 19.4 Å². The first-order chi connectivity index (χ1) is 16.4. The molecule has 178 valence electrons. The highest BCUT2D eigenvalue weighted by Crippen LogP contribution is 2.32. The van der Waals surface area contributed by atoms with Gasteiger partial charge in [-0.1, -0.05) is 44.2 Å². The van der Waals surface area contributed by atoms with Crippen molar-refractivity contribution in [2.75, 3.05) is 44.2 Å². The third-order valence-electron chi connectivity index (χ3n) is 5.68. The number of nitrogens with zero attached hydrogens (tertiary/aromatic N) is 3. The topological polar surface area (TPSA) is 70.2 Å². The van der Waals surface area contributed by atoms with Gasteiger partial charge < -0.3 is 14.5 Å². The molecule has 0 aliphatic carbocycles. The molecule has 2 saturated heterocycles. The van der Waals surface area contributed by atoms with Gasteiger partial charge in [0.15, 0.2) is 0 Å². The molecule has 2 aliphatic rings. The molecule has 7 nitrogen and oxygen atoms in total. The maximum Gasteiger partial charge on any atom is 0.294 e. The van der Waals surface area contributed by atoms with Crippen LogP contribution in [0.4, 0.5) is 10.5 Å². The average molecular weight is 480 g/mol. The molecule has 0 N–H and O–H groups in total. The van der Waals surface area contributed by atoms with Crippen LogP contribution >= 0.6 is 11.8 Å². The summed E-state index contributed by atoms with van der Waals surface area (Å²) in [6, 6.07) is 17.5. The van der Waals surface area contributed by atoms with Gasteiger partial charge in [-0.05, 0) is 53.6 Å². The van der Waals surface area contributed by atoms with Gasteiger partial charge in [0.25, 0.3) is 11.1 Å². The third kappa shape index (κ3) is 5.80. The molecule has 0 unspecified atom stereocenters. The fourth-order valence-corrected chi connectivity index (χ4v) is 4.64. The minimum Gasteiger partial charge on any atom is -0.493 e. The van der Waals surface area contributed by atoms with E-state index in [2.05, 4.69) is 30.9 Å². The Morgan fingerprint density at radius 1 is 1.00 bits per heavy atom. The molecule has 8 heteroatoms. The maximum absolute atomic E-state index is 12.8. The summed E-state index contributed by atoms with van der Waals surface area (Å²) >= 11 is 0.870. The molecule has 0 bridgehead atoms. The Kier molecular flexibility index (Phi) is 7.57. The van der Waals surface area contributed by atoms with Crippen LogP contribution < -0.4 is 9.64 Å². The number of ether oxygens (including phenoxy) is 1. The molecule has 2 aliphatic heterocycles. The smallest absolute Gasteiger partial charge is 0.294 e. The number of carbonyl (C=O) groups excluding carboxylic acids is 3. The lowest BCUT2D eigenvalue weighted by Gasteiger charge is -2.36. The van der Waals surface area contributed by atoms with Crippen molar-refractivity contribution in [3.8, 4) is 5.75 Å². The maximum atomic E-state index is 12.8. The van der Waals surface area contributed by atoms with Crippen LogP contribution in [0, 0.1) is 5.92 Å². The Bertz CT molecular complexity index is 1060. The molecule has 0 aromatic heterocycles. The summed E-state index contributed by atoms with van der Waals surface area (Å²) in [7, 11) is 0. The summed E-state index contributed by atoms with van der Waals surface area (Å²) < 4.78 is 5.68. The zero-order valence-electron chi connectivity index (χ0n) is 19.5. The number of hydrogen-bond donors (Lipinski definition) is 0. The molecule has 0 saturated carbocycles. The second-order valence-corrected chi connectivity index (χ2v) is 9.74. The summed E-state index contributed by atoms with van der Waals surface area (Å²) in [4.78, 5) is 43.4. The van der Waals surface area contributed by atoms with Gasteiger partial charge in [-0.2, -0.15) is 0 Å². The van der Waals surface area contributed by atoms with Crippen LogP contribution in [0.15, 0.2) is 59.5 Å². The minimum atomic E-state index is -0.425. The first-order valence-electron chi connectivity index (χ1n) is 11.5. The van der Waals surface area contributed by atoms with Gasteiger partial charge in [-0.25, -0.2) is 0 Å². The largest absolute Gasteiger partial charge is 0.493 e. The summed E-state index contributed by atoms with van der Waals surface area (Å²) in [6.07, 6.45) is 1.68. The Hall–Kier alpha value is -3.26. The molecular weight excluding hydrogens is 450 g/mol. The SMILES string of the molecule is CC(C)COc1ccc(C=C2SC(=O)N(CC(=O)N3CCN(c4ccccc4)CC3)C2=O)cc1. The number of carbonyl (C=O) groups is 3. The Balaban J connectivity index is 1.32. The van der Waals surface area contributed by atoms with E-state index < -0.39 is 11.1 Å². The van der Waals surface area contributed by atoms with Crippen LogP contribution in [0.2, 0.25) is 0 Å². The van der Waals surface area contributed by atoms with Crippen LogP contribution in [-0.2, 0) is 9.59 Å². The zero-order chi connectivity index (χ0) is 24.1. The molecule has 0 atom stereocenters. The van der Waals surface area contributed by atoms with Crippen molar-refractivity contribution >= 4 is 40.6 Å². The van der Waals surface area contributed by atoms with Crippen LogP contribution in [0.5, 0.6) is 5.75 Å². The van der Waals surface area contributed by atoms with Crippen LogP contribution in [0.3, 0.4) is 0 Å². The Morgan fingerprint density at radius 3 is 2.32 bits per heavy atom. The molecule has 4 rings (SSSR count). The number of rotatable bonds is 7. The molecule has 3 amide bonds.